The highest BCUT2D eigenvalue weighted by atomic mass is 32.2. The molecule has 0 N–H and O–H groups in total. The Morgan fingerprint density at radius 1 is 1.00 bits per heavy atom. The zero-order valence-electron chi connectivity index (χ0n) is 8.10. The van der Waals surface area contributed by atoms with Crippen LogP contribution < -0.4 is 0 Å². The van der Waals surface area contributed by atoms with Gasteiger partial charge < -0.3 is 4.42 Å². The van der Waals surface area contributed by atoms with E-state index in [0.717, 1.165) is 21.3 Å². The summed E-state index contributed by atoms with van der Waals surface area (Å²) in [5.74, 6) is 1.56. The lowest BCUT2D eigenvalue weighted by Gasteiger charge is -1.98. The zero-order valence-corrected chi connectivity index (χ0v) is 9.74. The van der Waals surface area contributed by atoms with E-state index in [0.29, 0.717) is 12.8 Å². The molecule has 1 rings (SSSR count). The first-order valence-corrected chi connectivity index (χ1v) is 6.41. The molecule has 0 unspecified atom stereocenters. The maximum Gasteiger partial charge on any atom is 0.105 e. The Bertz CT molecular complexity index is 341. The van der Waals surface area contributed by atoms with Crippen LogP contribution in [0.4, 0.5) is 0 Å². The van der Waals surface area contributed by atoms with Crippen molar-refractivity contribution in [3.05, 3.63) is 12.5 Å². The van der Waals surface area contributed by atoms with Crippen LogP contribution in [0.2, 0.25) is 0 Å². The van der Waals surface area contributed by atoms with E-state index in [9.17, 15) is 0 Å². The van der Waals surface area contributed by atoms with Crippen molar-refractivity contribution in [2.75, 3.05) is 11.5 Å². The SMILES string of the molecule is N#CCCSc1cocc1SCCC#N. The van der Waals surface area contributed by atoms with Crippen LogP contribution in [0.1, 0.15) is 12.8 Å². The third kappa shape index (κ3) is 4.33. The van der Waals surface area contributed by atoms with E-state index in [4.69, 9.17) is 14.9 Å². The quantitative estimate of drug-likeness (QED) is 0.562. The first-order valence-electron chi connectivity index (χ1n) is 4.44. The van der Waals surface area contributed by atoms with E-state index in [2.05, 4.69) is 12.1 Å². The average Bonchev–Trinajstić information content (AvgIpc) is 2.67. The van der Waals surface area contributed by atoms with Gasteiger partial charge in [-0.2, -0.15) is 10.5 Å². The Morgan fingerprint density at radius 3 is 1.87 bits per heavy atom. The molecule has 3 nitrogen and oxygen atoms in total. The molecule has 0 saturated heterocycles. The van der Waals surface area contributed by atoms with Gasteiger partial charge in [0.25, 0.3) is 0 Å². The molecular weight excluding hydrogens is 228 g/mol. The number of hydrogen-bond acceptors (Lipinski definition) is 5. The first kappa shape index (κ1) is 12.0. The average molecular weight is 238 g/mol. The van der Waals surface area contributed by atoms with Gasteiger partial charge in [0, 0.05) is 24.3 Å². The lowest BCUT2D eigenvalue weighted by Crippen LogP contribution is -1.79. The molecule has 15 heavy (non-hydrogen) atoms. The molecule has 0 aliphatic rings. The first-order chi connectivity index (χ1) is 7.38. The molecule has 0 aliphatic heterocycles. The van der Waals surface area contributed by atoms with Gasteiger partial charge in [0.1, 0.15) is 12.5 Å². The predicted molar refractivity (Wildman–Crippen MR) is 60.6 cm³/mol. The molecule has 0 aromatic carbocycles. The third-order valence-electron chi connectivity index (χ3n) is 1.54. The van der Waals surface area contributed by atoms with E-state index in [1.54, 1.807) is 36.1 Å². The Morgan fingerprint density at radius 2 is 1.47 bits per heavy atom. The van der Waals surface area contributed by atoms with E-state index in [1.807, 2.05) is 0 Å². The topological polar surface area (TPSA) is 60.7 Å². The van der Waals surface area contributed by atoms with Crippen LogP contribution in [0, 0.1) is 22.7 Å². The van der Waals surface area contributed by atoms with Gasteiger partial charge in [-0.05, 0) is 0 Å². The van der Waals surface area contributed by atoms with Crippen LogP contribution >= 0.6 is 23.5 Å². The Labute approximate surface area is 97.4 Å². The molecule has 0 aliphatic carbocycles. The summed E-state index contributed by atoms with van der Waals surface area (Å²) in [7, 11) is 0. The third-order valence-corrected chi connectivity index (χ3v) is 3.74. The number of furan rings is 1. The van der Waals surface area contributed by atoms with Crippen molar-refractivity contribution in [3.8, 4) is 12.1 Å². The minimum absolute atomic E-state index is 0.540. The number of rotatable bonds is 6. The summed E-state index contributed by atoms with van der Waals surface area (Å²) in [5.41, 5.74) is 0. The van der Waals surface area contributed by atoms with Crippen LogP contribution in [0.25, 0.3) is 0 Å². The monoisotopic (exact) mass is 238 g/mol. The summed E-state index contributed by atoms with van der Waals surface area (Å²) in [6, 6.07) is 4.20. The van der Waals surface area contributed by atoms with Gasteiger partial charge in [0.15, 0.2) is 0 Å². The number of nitrogens with zero attached hydrogens (tertiary/aromatic N) is 2. The van der Waals surface area contributed by atoms with Gasteiger partial charge in [0.2, 0.25) is 0 Å². The van der Waals surface area contributed by atoms with Gasteiger partial charge in [0.05, 0.1) is 21.9 Å². The smallest absolute Gasteiger partial charge is 0.105 e. The van der Waals surface area contributed by atoms with Crippen molar-refractivity contribution in [1.82, 2.24) is 0 Å². The van der Waals surface area contributed by atoms with E-state index in [-0.39, 0.29) is 0 Å². The van der Waals surface area contributed by atoms with E-state index in [1.165, 1.54) is 0 Å². The maximum absolute atomic E-state index is 8.41. The highest BCUT2D eigenvalue weighted by Crippen LogP contribution is 2.32. The van der Waals surface area contributed by atoms with Gasteiger partial charge in [-0.15, -0.1) is 23.5 Å². The lowest BCUT2D eigenvalue weighted by molar-refractivity contribution is 0.558. The van der Waals surface area contributed by atoms with Crippen LogP contribution in [0.3, 0.4) is 0 Å². The minimum Gasteiger partial charge on any atom is -0.470 e. The summed E-state index contributed by atoms with van der Waals surface area (Å²) < 4.78 is 5.10. The Balaban J connectivity index is 2.40. The van der Waals surface area contributed by atoms with Crippen LogP contribution in [0.5, 0.6) is 0 Å². The summed E-state index contributed by atoms with van der Waals surface area (Å²) >= 11 is 3.23. The molecule has 0 radical (unpaired) electrons. The molecule has 5 heteroatoms. The van der Waals surface area contributed by atoms with Crippen molar-refractivity contribution in [2.24, 2.45) is 0 Å². The summed E-state index contributed by atoms with van der Waals surface area (Å²) in [4.78, 5) is 2.13. The molecule has 1 aromatic heterocycles. The second-order valence-corrected chi connectivity index (χ2v) is 4.89. The molecule has 0 spiro atoms. The number of hydrogen-bond donors (Lipinski definition) is 0. The maximum atomic E-state index is 8.41. The van der Waals surface area contributed by atoms with Crippen LogP contribution in [-0.4, -0.2) is 11.5 Å². The van der Waals surface area contributed by atoms with Gasteiger partial charge >= 0.3 is 0 Å². The van der Waals surface area contributed by atoms with E-state index >= 15 is 0 Å². The molecular formula is C10H10N2OS2. The van der Waals surface area contributed by atoms with Crippen LogP contribution in [0.15, 0.2) is 26.7 Å². The fourth-order valence-corrected chi connectivity index (χ4v) is 2.71. The zero-order chi connectivity index (χ0) is 10.9. The molecule has 1 heterocycles. The van der Waals surface area contributed by atoms with Gasteiger partial charge in [-0.3, -0.25) is 0 Å². The number of nitriles is 2. The van der Waals surface area contributed by atoms with Crippen molar-refractivity contribution in [1.29, 1.82) is 10.5 Å². The van der Waals surface area contributed by atoms with E-state index < -0.39 is 0 Å². The molecule has 0 bridgehead atoms. The molecule has 0 atom stereocenters. The standard InChI is InChI=1S/C10H10N2OS2/c11-3-1-5-14-9-7-13-8-10(9)15-6-2-4-12/h7-8H,1-2,5-6H2. The highest BCUT2D eigenvalue weighted by molar-refractivity contribution is 8.02. The minimum atomic E-state index is 0.540. The second kappa shape index (κ2) is 7.28. The molecule has 78 valence electrons. The summed E-state index contributed by atoms with van der Waals surface area (Å²) in [5, 5.41) is 16.8. The molecule has 0 amide bonds. The van der Waals surface area contributed by atoms with Gasteiger partial charge in [-0.25, -0.2) is 0 Å². The second-order valence-electron chi connectivity index (χ2n) is 2.61. The molecule has 1 aromatic rings. The van der Waals surface area contributed by atoms with Crippen molar-refractivity contribution >= 4 is 23.5 Å². The summed E-state index contributed by atoms with van der Waals surface area (Å²) in [6.07, 6.45) is 4.46. The fourth-order valence-electron chi connectivity index (χ4n) is 0.897. The predicted octanol–water partition coefficient (Wildman–Crippen LogP) is 3.29. The fraction of sp³-hybridized carbons (Fsp3) is 0.400. The largest absolute Gasteiger partial charge is 0.470 e. The van der Waals surface area contributed by atoms with Crippen molar-refractivity contribution < 1.29 is 4.42 Å². The Hall–Kier alpha value is -1.04. The van der Waals surface area contributed by atoms with Crippen molar-refractivity contribution in [2.45, 2.75) is 22.6 Å². The highest BCUT2D eigenvalue weighted by Gasteiger charge is 2.06. The number of thioether (sulfide) groups is 2. The molecule has 0 fully saturated rings. The van der Waals surface area contributed by atoms with Gasteiger partial charge in [-0.1, -0.05) is 0 Å². The normalized spacial score (nSPS) is 9.47. The van der Waals surface area contributed by atoms with Crippen molar-refractivity contribution in [3.63, 3.8) is 0 Å². The molecule has 0 saturated carbocycles. The Kier molecular flexibility index (Phi) is 5.84. The lowest BCUT2D eigenvalue weighted by atomic mass is 10.6. The summed E-state index contributed by atoms with van der Waals surface area (Å²) in [6.45, 7) is 0. The van der Waals surface area contributed by atoms with Crippen LogP contribution in [-0.2, 0) is 0 Å².